The molecule has 1 heterocycles. The molecule has 2 aromatic rings. The van der Waals surface area contributed by atoms with Crippen LogP contribution in [0.4, 0.5) is 5.69 Å². The number of carbonyl (C=O) groups excluding carboxylic acids is 1. The van der Waals surface area contributed by atoms with Crippen LogP contribution in [-0.2, 0) is 0 Å². The molecule has 1 aromatic heterocycles. The summed E-state index contributed by atoms with van der Waals surface area (Å²) < 4.78 is 0.759. The van der Waals surface area contributed by atoms with Crippen molar-refractivity contribution >= 4 is 27.5 Å². The summed E-state index contributed by atoms with van der Waals surface area (Å²) >= 11 is 3.30. The van der Waals surface area contributed by atoms with Gasteiger partial charge in [0.1, 0.15) is 4.60 Å². The highest BCUT2D eigenvalue weighted by molar-refractivity contribution is 9.10. The maximum atomic E-state index is 12.2. The largest absolute Gasteiger partial charge is 0.320 e. The van der Waals surface area contributed by atoms with Gasteiger partial charge in [-0.1, -0.05) is 17.2 Å². The summed E-state index contributed by atoms with van der Waals surface area (Å²) in [7, 11) is 0. The lowest BCUT2D eigenvalue weighted by Crippen LogP contribution is -2.13. The number of carbonyl (C=O) groups is 1. The van der Waals surface area contributed by atoms with Crippen molar-refractivity contribution < 1.29 is 4.79 Å². The van der Waals surface area contributed by atoms with Crippen LogP contribution in [0.1, 0.15) is 27.2 Å². The molecule has 0 fully saturated rings. The van der Waals surface area contributed by atoms with Gasteiger partial charge in [0.25, 0.3) is 5.91 Å². The summed E-state index contributed by atoms with van der Waals surface area (Å²) in [5, 5.41) is 2.89. The molecule has 0 aliphatic carbocycles. The van der Waals surface area contributed by atoms with Crippen molar-refractivity contribution in [3.8, 4) is 0 Å². The first-order valence-corrected chi connectivity index (χ1v) is 6.78. The lowest BCUT2D eigenvalue weighted by molar-refractivity contribution is 0.102. The number of halogens is 1. The van der Waals surface area contributed by atoms with Crippen LogP contribution >= 0.6 is 15.9 Å². The van der Waals surface area contributed by atoms with E-state index < -0.39 is 0 Å². The maximum absolute atomic E-state index is 12.2. The number of aromatic nitrogens is 1. The number of rotatable bonds is 2. The Morgan fingerprint density at radius 2 is 1.74 bits per heavy atom. The first kappa shape index (κ1) is 13.7. The van der Waals surface area contributed by atoms with Crippen LogP contribution in [0.3, 0.4) is 0 Å². The SMILES string of the molecule is Cc1cc(C)cc(C(=O)Nc2ccc(Br)nc2C)c1. The third kappa shape index (κ3) is 3.41. The Balaban J connectivity index is 2.25. The molecule has 4 heteroatoms. The van der Waals surface area contributed by atoms with E-state index in [1.165, 1.54) is 0 Å². The molecule has 98 valence electrons. The predicted octanol–water partition coefficient (Wildman–Crippen LogP) is 4.02. The van der Waals surface area contributed by atoms with Crippen LogP contribution in [0, 0.1) is 20.8 Å². The summed E-state index contributed by atoms with van der Waals surface area (Å²) in [6.45, 7) is 5.83. The molecule has 19 heavy (non-hydrogen) atoms. The van der Waals surface area contributed by atoms with Gasteiger partial charge in [0, 0.05) is 5.56 Å². The van der Waals surface area contributed by atoms with E-state index in [2.05, 4.69) is 26.2 Å². The Labute approximate surface area is 121 Å². The number of amides is 1. The van der Waals surface area contributed by atoms with Crippen LogP contribution in [0.25, 0.3) is 0 Å². The maximum Gasteiger partial charge on any atom is 0.255 e. The second kappa shape index (κ2) is 5.53. The van der Waals surface area contributed by atoms with Crippen LogP contribution in [0.5, 0.6) is 0 Å². The van der Waals surface area contributed by atoms with Crippen LogP contribution < -0.4 is 5.32 Å². The minimum absolute atomic E-state index is 0.112. The highest BCUT2D eigenvalue weighted by Crippen LogP contribution is 2.18. The summed E-state index contributed by atoms with van der Waals surface area (Å²) in [6, 6.07) is 9.45. The average molecular weight is 319 g/mol. The topological polar surface area (TPSA) is 42.0 Å². The van der Waals surface area contributed by atoms with Crippen LogP contribution in [0.2, 0.25) is 0 Å². The van der Waals surface area contributed by atoms with Gasteiger partial charge in [0.15, 0.2) is 0 Å². The molecule has 0 atom stereocenters. The molecule has 0 spiro atoms. The van der Waals surface area contributed by atoms with E-state index in [1.807, 2.05) is 51.1 Å². The molecular formula is C15H15BrN2O. The van der Waals surface area contributed by atoms with E-state index in [1.54, 1.807) is 0 Å². The molecule has 3 nitrogen and oxygen atoms in total. The standard InChI is InChI=1S/C15H15BrN2O/c1-9-6-10(2)8-12(7-9)15(19)18-13-4-5-14(16)17-11(13)3/h4-8H,1-3H3,(H,18,19). The molecule has 0 saturated heterocycles. The molecule has 0 aliphatic heterocycles. The van der Waals surface area contributed by atoms with Gasteiger partial charge in [0.2, 0.25) is 0 Å². The fourth-order valence-electron chi connectivity index (χ4n) is 1.96. The Kier molecular flexibility index (Phi) is 4.00. The van der Waals surface area contributed by atoms with E-state index in [0.717, 1.165) is 27.1 Å². The lowest BCUT2D eigenvalue weighted by atomic mass is 10.1. The van der Waals surface area contributed by atoms with Crippen molar-refractivity contribution in [2.45, 2.75) is 20.8 Å². The number of pyridine rings is 1. The zero-order valence-electron chi connectivity index (χ0n) is 11.1. The first-order chi connectivity index (χ1) is 8.95. The van der Waals surface area contributed by atoms with Crippen LogP contribution in [-0.4, -0.2) is 10.9 Å². The normalized spacial score (nSPS) is 10.3. The molecule has 0 radical (unpaired) electrons. The smallest absolute Gasteiger partial charge is 0.255 e. The molecular weight excluding hydrogens is 304 g/mol. The molecule has 2 rings (SSSR count). The van der Waals surface area contributed by atoms with Gasteiger partial charge < -0.3 is 5.32 Å². The summed E-state index contributed by atoms with van der Waals surface area (Å²) in [4.78, 5) is 16.5. The van der Waals surface area contributed by atoms with E-state index in [-0.39, 0.29) is 5.91 Å². The van der Waals surface area contributed by atoms with Gasteiger partial charge in [-0.3, -0.25) is 4.79 Å². The van der Waals surface area contributed by atoms with E-state index >= 15 is 0 Å². The van der Waals surface area contributed by atoms with Crippen molar-refractivity contribution in [1.82, 2.24) is 4.98 Å². The minimum atomic E-state index is -0.112. The third-order valence-electron chi connectivity index (χ3n) is 2.78. The lowest BCUT2D eigenvalue weighted by Gasteiger charge is -2.09. The monoisotopic (exact) mass is 318 g/mol. The fraction of sp³-hybridized carbons (Fsp3) is 0.200. The average Bonchev–Trinajstić information content (AvgIpc) is 2.31. The van der Waals surface area contributed by atoms with E-state index in [0.29, 0.717) is 5.56 Å². The minimum Gasteiger partial charge on any atom is -0.320 e. The molecule has 0 unspecified atom stereocenters. The third-order valence-corrected chi connectivity index (χ3v) is 3.23. The van der Waals surface area contributed by atoms with Crippen molar-refractivity contribution in [2.24, 2.45) is 0 Å². The van der Waals surface area contributed by atoms with Gasteiger partial charge in [-0.2, -0.15) is 0 Å². The van der Waals surface area contributed by atoms with Gasteiger partial charge in [-0.15, -0.1) is 0 Å². The van der Waals surface area contributed by atoms with Crippen LogP contribution in [0.15, 0.2) is 34.9 Å². The number of aryl methyl sites for hydroxylation is 3. The van der Waals surface area contributed by atoms with Crippen molar-refractivity contribution in [3.63, 3.8) is 0 Å². The Morgan fingerprint density at radius 3 is 2.32 bits per heavy atom. The number of benzene rings is 1. The second-order valence-electron chi connectivity index (χ2n) is 4.60. The Hall–Kier alpha value is -1.68. The zero-order chi connectivity index (χ0) is 14.0. The molecule has 0 bridgehead atoms. The van der Waals surface area contributed by atoms with Gasteiger partial charge >= 0.3 is 0 Å². The number of hydrogen-bond donors (Lipinski definition) is 1. The Morgan fingerprint density at radius 1 is 1.11 bits per heavy atom. The number of nitrogens with zero attached hydrogens (tertiary/aromatic N) is 1. The van der Waals surface area contributed by atoms with Gasteiger partial charge in [-0.05, 0) is 61.0 Å². The quantitative estimate of drug-likeness (QED) is 0.850. The zero-order valence-corrected chi connectivity index (χ0v) is 12.7. The van der Waals surface area contributed by atoms with E-state index in [4.69, 9.17) is 0 Å². The second-order valence-corrected chi connectivity index (χ2v) is 5.41. The molecule has 1 N–H and O–H groups in total. The fourth-order valence-corrected chi connectivity index (χ4v) is 2.36. The first-order valence-electron chi connectivity index (χ1n) is 5.98. The Bertz CT molecular complexity index is 618. The summed E-state index contributed by atoms with van der Waals surface area (Å²) in [6.07, 6.45) is 0. The van der Waals surface area contributed by atoms with Crippen molar-refractivity contribution in [2.75, 3.05) is 5.32 Å². The summed E-state index contributed by atoms with van der Waals surface area (Å²) in [5.41, 5.74) is 4.34. The predicted molar refractivity (Wildman–Crippen MR) is 80.5 cm³/mol. The van der Waals surface area contributed by atoms with Gasteiger partial charge in [-0.25, -0.2) is 4.98 Å². The molecule has 1 amide bonds. The number of hydrogen-bond acceptors (Lipinski definition) is 2. The summed E-state index contributed by atoms with van der Waals surface area (Å²) in [5.74, 6) is -0.112. The van der Waals surface area contributed by atoms with E-state index in [9.17, 15) is 4.79 Å². The number of nitrogens with one attached hydrogen (secondary N) is 1. The molecule has 0 saturated carbocycles. The van der Waals surface area contributed by atoms with Crippen molar-refractivity contribution in [3.05, 3.63) is 57.3 Å². The highest BCUT2D eigenvalue weighted by Gasteiger charge is 2.09. The highest BCUT2D eigenvalue weighted by atomic mass is 79.9. The number of anilines is 1. The molecule has 1 aromatic carbocycles. The van der Waals surface area contributed by atoms with Crippen molar-refractivity contribution in [1.29, 1.82) is 0 Å². The molecule has 0 aliphatic rings. The van der Waals surface area contributed by atoms with Gasteiger partial charge in [0.05, 0.1) is 11.4 Å².